The fraction of sp³-hybridized carbons (Fsp3) is 0.643. The number of piperidine rings is 1. The molecule has 0 radical (unpaired) electrons. The van der Waals surface area contributed by atoms with Gasteiger partial charge in [-0.2, -0.15) is 0 Å². The van der Waals surface area contributed by atoms with Gasteiger partial charge < -0.3 is 9.64 Å². The van der Waals surface area contributed by atoms with Crippen LogP contribution < -0.4 is 0 Å². The summed E-state index contributed by atoms with van der Waals surface area (Å²) in [5, 5.41) is 0. The van der Waals surface area contributed by atoms with E-state index in [1.807, 2.05) is 17.9 Å². The molecule has 0 saturated carbocycles. The summed E-state index contributed by atoms with van der Waals surface area (Å²) in [6, 6.07) is 0. The lowest BCUT2D eigenvalue weighted by molar-refractivity contribution is -0.120. The van der Waals surface area contributed by atoms with Crippen molar-refractivity contribution in [3.05, 3.63) is 23.8 Å². The van der Waals surface area contributed by atoms with Crippen molar-refractivity contribution < 1.29 is 9.53 Å². The molecule has 18 heavy (non-hydrogen) atoms. The van der Waals surface area contributed by atoms with E-state index in [1.54, 1.807) is 7.11 Å². The fourth-order valence-corrected chi connectivity index (χ4v) is 2.69. The highest BCUT2D eigenvalue weighted by atomic mass is 35.5. The maximum atomic E-state index is 10.8. The summed E-state index contributed by atoms with van der Waals surface area (Å²) < 4.78 is 5.40. The number of carbonyl (C=O) groups excluding carboxylic acids is 1. The van der Waals surface area contributed by atoms with Gasteiger partial charge in [-0.1, -0.05) is 18.2 Å². The number of amides is 1. The van der Waals surface area contributed by atoms with Gasteiger partial charge >= 0.3 is 0 Å². The Bertz CT molecular complexity index is 318. The number of hydrogen-bond acceptors (Lipinski definition) is 2. The molecule has 0 aromatic heterocycles. The van der Waals surface area contributed by atoms with E-state index < -0.39 is 0 Å². The smallest absolute Gasteiger partial charge is 0.209 e. The lowest BCUT2D eigenvalue weighted by Gasteiger charge is -2.41. The van der Waals surface area contributed by atoms with Gasteiger partial charge in [-0.3, -0.25) is 4.79 Å². The molecule has 0 N–H and O–H groups in total. The number of carbonyl (C=O) groups is 1. The lowest BCUT2D eigenvalue weighted by Crippen LogP contribution is -2.42. The zero-order valence-electron chi connectivity index (χ0n) is 11.2. The third kappa shape index (κ3) is 3.59. The molecule has 0 unspecified atom stereocenters. The highest BCUT2D eigenvalue weighted by Crippen LogP contribution is 2.39. The number of alkyl halides is 1. The molecule has 1 aliphatic heterocycles. The molecule has 1 heterocycles. The molecule has 1 aliphatic rings. The Kier molecular flexibility index (Phi) is 6.44. The zero-order chi connectivity index (χ0) is 13.4. The van der Waals surface area contributed by atoms with E-state index >= 15 is 0 Å². The Balaban J connectivity index is 2.86. The van der Waals surface area contributed by atoms with Crippen LogP contribution in [-0.4, -0.2) is 44.0 Å². The Hall–Kier alpha value is -0.800. The number of hydrogen-bond donors (Lipinski definition) is 0. The molecule has 0 spiro atoms. The van der Waals surface area contributed by atoms with Crippen LogP contribution in [0.15, 0.2) is 23.8 Å². The van der Waals surface area contributed by atoms with Crippen LogP contribution in [0.3, 0.4) is 0 Å². The van der Waals surface area contributed by atoms with E-state index in [0.717, 1.165) is 32.3 Å². The lowest BCUT2D eigenvalue weighted by atomic mass is 9.72. The Morgan fingerprint density at radius 1 is 1.44 bits per heavy atom. The topological polar surface area (TPSA) is 29.5 Å². The Morgan fingerprint density at radius 2 is 2.11 bits per heavy atom. The molecule has 0 atom stereocenters. The minimum atomic E-state index is 0.0194. The third-order valence-corrected chi connectivity index (χ3v) is 3.81. The SMILES string of the molecule is C/C=C(\C=C/CCl)C1(COC)CCN(C=O)CC1. The second-order valence-electron chi connectivity index (χ2n) is 4.66. The summed E-state index contributed by atoms with van der Waals surface area (Å²) in [4.78, 5) is 12.6. The minimum Gasteiger partial charge on any atom is -0.384 e. The van der Waals surface area contributed by atoms with Crippen molar-refractivity contribution in [2.24, 2.45) is 5.41 Å². The molecule has 0 aromatic carbocycles. The normalized spacial score (nSPS) is 20.4. The van der Waals surface area contributed by atoms with Gasteiger partial charge in [0.25, 0.3) is 0 Å². The summed E-state index contributed by atoms with van der Waals surface area (Å²) in [6.07, 6.45) is 8.97. The minimum absolute atomic E-state index is 0.0194. The van der Waals surface area contributed by atoms with E-state index in [0.29, 0.717) is 12.5 Å². The van der Waals surface area contributed by atoms with Crippen LogP contribution in [0.4, 0.5) is 0 Å². The average molecular weight is 272 g/mol. The first-order valence-corrected chi connectivity index (χ1v) is 6.83. The summed E-state index contributed by atoms with van der Waals surface area (Å²) in [5.41, 5.74) is 1.28. The molecule has 4 heteroatoms. The van der Waals surface area contributed by atoms with Gasteiger partial charge in [0.1, 0.15) is 0 Å². The van der Waals surface area contributed by atoms with Gasteiger partial charge in [-0.25, -0.2) is 0 Å². The zero-order valence-corrected chi connectivity index (χ0v) is 11.9. The largest absolute Gasteiger partial charge is 0.384 e. The molecule has 0 aromatic rings. The Morgan fingerprint density at radius 3 is 2.56 bits per heavy atom. The molecular weight excluding hydrogens is 250 g/mol. The van der Waals surface area contributed by atoms with E-state index in [-0.39, 0.29) is 5.41 Å². The molecule has 1 saturated heterocycles. The number of rotatable bonds is 6. The van der Waals surface area contributed by atoms with Crippen LogP contribution in [-0.2, 0) is 9.53 Å². The highest BCUT2D eigenvalue weighted by molar-refractivity contribution is 6.18. The van der Waals surface area contributed by atoms with Gasteiger partial charge in [0.15, 0.2) is 0 Å². The third-order valence-electron chi connectivity index (χ3n) is 3.63. The molecule has 3 nitrogen and oxygen atoms in total. The van der Waals surface area contributed by atoms with Crippen molar-refractivity contribution >= 4 is 18.0 Å². The van der Waals surface area contributed by atoms with Crippen molar-refractivity contribution in [1.29, 1.82) is 0 Å². The van der Waals surface area contributed by atoms with E-state index in [4.69, 9.17) is 16.3 Å². The first-order chi connectivity index (χ1) is 8.72. The van der Waals surface area contributed by atoms with Crippen LogP contribution in [0, 0.1) is 5.41 Å². The number of allylic oxidation sites excluding steroid dienone is 3. The first-order valence-electron chi connectivity index (χ1n) is 6.30. The number of nitrogens with zero attached hydrogens (tertiary/aromatic N) is 1. The van der Waals surface area contributed by atoms with E-state index in [9.17, 15) is 4.79 Å². The molecule has 102 valence electrons. The number of likely N-dealkylation sites (tertiary alicyclic amines) is 1. The highest BCUT2D eigenvalue weighted by Gasteiger charge is 2.36. The predicted molar refractivity (Wildman–Crippen MR) is 74.8 cm³/mol. The van der Waals surface area contributed by atoms with Crippen molar-refractivity contribution in [1.82, 2.24) is 4.90 Å². The van der Waals surface area contributed by atoms with Crippen LogP contribution >= 0.6 is 11.6 Å². The first kappa shape index (κ1) is 15.3. The van der Waals surface area contributed by atoms with Gasteiger partial charge in [-0.05, 0) is 25.3 Å². The average Bonchev–Trinajstić information content (AvgIpc) is 2.41. The maximum Gasteiger partial charge on any atom is 0.209 e. The summed E-state index contributed by atoms with van der Waals surface area (Å²) in [7, 11) is 1.73. The number of methoxy groups -OCH3 is 1. The maximum absolute atomic E-state index is 10.8. The molecule has 0 bridgehead atoms. The number of halogens is 1. The summed E-state index contributed by atoms with van der Waals surface area (Å²) in [5.74, 6) is 0.515. The summed E-state index contributed by atoms with van der Waals surface area (Å²) in [6.45, 7) is 4.31. The van der Waals surface area contributed by atoms with Crippen molar-refractivity contribution in [3.63, 3.8) is 0 Å². The standard InChI is InChI=1S/C14H22ClNO2/c1-3-13(5-4-8-15)14(11-18-2)6-9-16(12-17)10-7-14/h3-5,12H,6-11H2,1-2H3/b5-4-,13-3+. The van der Waals surface area contributed by atoms with Gasteiger partial charge in [-0.15, -0.1) is 11.6 Å². The molecule has 1 amide bonds. The number of ether oxygens (including phenoxy) is 1. The molecule has 1 rings (SSSR count). The Labute approximate surface area is 114 Å². The van der Waals surface area contributed by atoms with Gasteiger partial charge in [0.05, 0.1) is 6.61 Å². The fourth-order valence-electron chi connectivity index (χ4n) is 2.60. The van der Waals surface area contributed by atoms with E-state index in [1.165, 1.54) is 5.57 Å². The monoisotopic (exact) mass is 271 g/mol. The van der Waals surface area contributed by atoms with Crippen molar-refractivity contribution in [3.8, 4) is 0 Å². The quantitative estimate of drug-likeness (QED) is 0.422. The van der Waals surface area contributed by atoms with Crippen LogP contribution in [0.5, 0.6) is 0 Å². The van der Waals surface area contributed by atoms with Crippen LogP contribution in [0.1, 0.15) is 19.8 Å². The second kappa shape index (κ2) is 7.59. The van der Waals surface area contributed by atoms with Crippen LogP contribution in [0.25, 0.3) is 0 Å². The molecule has 1 fully saturated rings. The van der Waals surface area contributed by atoms with E-state index in [2.05, 4.69) is 12.2 Å². The van der Waals surface area contributed by atoms with Crippen LogP contribution in [0.2, 0.25) is 0 Å². The van der Waals surface area contributed by atoms with Gasteiger partial charge in [0, 0.05) is 31.5 Å². The van der Waals surface area contributed by atoms with Crippen molar-refractivity contribution in [2.75, 3.05) is 32.7 Å². The predicted octanol–water partition coefficient (Wildman–Crippen LogP) is 2.61. The molecule has 0 aliphatic carbocycles. The van der Waals surface area contributed by atoms with Gasteiger partial charge in [0.2, 0.25) is 6.41 Å². The van der Waals surface area contributed by atoms with Crippen molar-refractivity contribution in [2.45, 2.75) is 19.8 Å². The molecular formula is C14H22ClNO2. The summed E-state index contributed by atoms with van der Waals surface area (Å²) >= 11 is 5.71. The second-order valence-corrected chi connectivity index (χ2v) is 4.96.